The summed E-state index contributed by atoms with van der Waals surface area (Å²) >= 11 is 0. The highest BCUT2D eigenvalue weighted by molar-refractivity contribution is 5.75. The number of aliphatic hydroxyl groups is 6. The number of carboxylic acid groups (broad SMARTS) is 5. The Morgan fingerprint density at radius 2 is 0.450 bits per heavy atom. The number of likely N-dealkylation sites (N-methyl/N-ethyl adjacent to an activating group) is 6. The fourth-order valence-electron chi connectivity index (χ4n) is 2.13. The molecule has 0 saturated heterocycles. The van der Waals surface area contributed by atoms with Gasteiger partial charge in [-0.05, 0) is 97.4 Å². The zero-order valence-corrected chi connectivity index (χ0v) is 39.3. The molecule has 0 radical (unpaired) electrons. The number of carbonyl (C=O) groups is 5. The second kappa shape index (κ2) is 67.6. The molecule has 0 bridgehead atoms. The monoisotopic (exact) mass is 887 g/mol. The summed E-state index contributed by atoms with van der Waals surface area (Å²) in [6.07, 6.45) is 1.58. The Labute approximate surface area is 360 Å². The molecule has 0 heterocycles. The van der Waals surface area contributed by atoms with E-state index in [0.717, 1.165) is 52.1 Å². The van der Waals surface area contributed by atoms with Crippen molar-refractivity contribution in [3.05, 3.63) is 0 Å². The number of nitrogens with zero attached hydrogens (tertiary/aromatic N) is 6. The van der Waals surface area contributed by atoms with Crippen molar-refractivity contribution in [2.75, 3.05) is 163 Å². The standard InChI is InChI=1S/C5H8O4.C5H10O2.6C4H11NO.C4H6O4/c6-4(7)2-1-3-5(8)9;1-2-3-4-5(6)7;6*1-5(2)3-4-6;5-3(6)1-2-4(7)8/h1-3H2,(H,6,7)(H,8,9);2-4H2,1H3,(H,6,7);6*6H,3-4H2,1-2H3;1-2H2,(H,5,6)(H,7,8). The first kappa shape index (κ1) is 77.5. The number of hydrogen-bond donors (Lipinski definition) is 11. The van der Waals surface area contributed by atoms with Gasteiger partial charge in [-0.1, -0.05) is 13.3 Å². The second-order valence-electron chi connectivity index (χ2n) is 13.6. The van der Waals surface area contributed by atoms with Crippen molar-refractivity contribution < 1.29 is 80.1 Å². The van der Waals surface area contributed by atoms with E-state index in [1.807, 2.05) is 121 Å². The van der Waals surface area contributed by atoms with Gasteiger partial charge in [0.25, 0.3) is 0 Å². The van der Waals surface area contributed by atoms with Gasteiger partial charge in [-0.2, -0.15) is 0 Å². The third-order valence-electron chi connectivity index (χ3n) is 5.36. The fraction of sp³-hybridized carbons (Fsp3) is 0.868. The van der Waals surface area contributed by atoms with Gasteiger partial charge in [-0.15, -0.1) is 0 Å². The first-order valence-electron chi connectivity index (χ1n) is 19.3. The van der Waals surface area contributed by atoms with Crippen molar-refractivity contribution in [3.63, 3.8) is 0 Å². The van der Waals surface area contributed by atoms with Crippen LogP contribution in [-0.4, -0.2) is 279 Å². The molecule has 0 aliphatic heterocycles. The van der Waals surface area contributed by atoms with Crippen LogP contribution in [0.4, 0.5) is 0 Å². The van der Waals surface area contributed by atoms with Gasteiger partial charge in [-0.3, -0.25) is 24.0 Å². The van der Waals surface area contributed by atoms with E-state index in [9.17, 15) is 24.0 Å². The Balaban J connectivity index is -0.0000000700. The molecule has 11 N–H and O–H groups in total. The van der Waals surface area contributed by atoms with Crippen LogP contribution in [0.1, 0.15) is 58.3 Å². The van der Waals surface area contributed by atoms with Crippen LogP contribution in [0, 0.1) is 0 Å². The predicted octanol–water partition coefficient (Wildman–Crippen LogP) is -1.24. The molecule has 22 nitrogen and oxygen atoms in total. The van der Waals surface area contributed by atoms with Crippen molar-refractivity contribution in [2.24, 2.45) is 0 Å². The summed E-state index contributed by atoms with van der Waals surface area (Å²) < 4.78 is 0. The van der Waals surface area contributed by atoms with E-state index >= 15 is 0 Å². The highest BCUT2D eigenvalue weighted by Gasteiger charge is 2.01. The number of aliphatic hydroxyl groups excluding tert-OH is 6. The van der Waals surface area contributed by atoms with Crippen LogP contribution in [0.15, 0.2) is 0 Å². The molecular weight excluding hydrogens is 796 g/mol. The molecule has 0 aromatic heterocycles. The summed E-state index contributed by atoms with van der Waals surface area (Å²) in [7, 11) is 23.1. The first-order chi connectivity index (χ1) is 27.6. The molecule has 0 aromatic rings. The summed E-state index contributed by atoms with van der Waals surface area (Å²) in [5, 5.41) is 89.1. The van der Waals surface area contributed by atoms with Gasteiger partial charge in [0, 0.05) is 58.5 Å². The largest absolute Gasteiger partial charge is 0.481 e. The fourth-order valence-corrected chi connectivity index (χ4v) is 2.13. The molecule has 0 aromatic carbocycles. The highest BCUT2D eigenvalue weighted by Crippen LogP contribution is 1.93. The molecule has 0 rings (SSSR count). The molecule has 60 heavy (non-hydrogen) atoms. The third-order valence-corrected chi connectivity index (χ3v) is 5.36. The van der Waals surface area contributed by atoms with E-state index in [0.29, 0.717) is 6.42 Å². The van der Waals surface area contributed by atoms with Crippen LogP contribution in [0.25, 0.3) is 0 Å². The quantitative estimate of drug-likeness (QED) is 0.0606. The van der Waals surface area contributed by atoms with Gasteiger partial charge in [0.15, 0.2) is 0 Å². The van der Waals surface area contributed by atoms with Crippen LogP contribution in [-0.2, 0) is 24.0 Å². The Hall–Kier alpha value is -3.13. The van der Waals surface area contributed by atoms with E-state index in [1.54, 1.807) is 0 Å². The first-order valence-corrected chi connectivity index (χ1v) is 19.3. The topological polar surface area (TPSA) is 327 Å². The molecule has 0 fully saturated rings. The van der Waals surface area contributed by atoms with E-state index in [-0.39, 0.29) is 71.7 Å². The average molecular weight is 887 g/mol. The lowest BCUT2D eigenvalue weighted by molar-refractivity contribution is -0.143. The minimum absolute atomic E-state index is 0.0632. The molecule has 0 spiro atoms. The van der Waals surface area contributed by atoms with Gasteiger partial charge in [0.1, 0.15) is 0 Å². The van der Waals surface area contributed by atoms with E-state index in [2.05, 4.69) is 0 Å². The Bertz CT molecular complexity index is 766. The van der Waals surface area contributed by atoms with Gasteiger partial charge >= 0.3 is 29.8 Å². The van der Waals surface area contributed by atoms with E-state index in [4.69, 9.17) is 56.2 Å². The number of carboxylic acids is 5. The van der Waals surface area contributed by atoms with Crippen LogP contribution < -0.4 is 0 Å². The zero-order valence-electron chi connectivity index (χ0n) is 39.3. The molecular formula is C38H90N6O16. The normalized spacial score (nSPS) is 9.48. The minimum Gasteiger partial charge on any atom is -0.481 e. The predicted molar refractivity (Wildman–Crippen MR) is 235 cm³/mol. The molecule has 368 valence electrons. The average Bonchev–Trinajstić information content (AvgIpc) is 3.08. The smallest absolute Gasteiger partial charge is 0.303 e. The summed E-state index contributed by atoms with van der Waals surface area (Å²) in [6.45, 7) is 8.10. The van der Waals surface area contributed by atoms with Crippen molar-refractivity contribution in [1.82, 2.24) is 29.4 Å². The molecule has 0 saturated carbocycles. The van der Waals surface area contributed by atoms with Gasteiger partial charge < -0.3 is 85.6 Å². The molecule has 0 atom stereocenters. The molecule has 0 aliphatic carbocycles. The summed E-state index contributed by atoms with van der Waals surface area (Å²) in [5.41, 5.74) is 0. The van der Waals surface area contributed by atoms with Crippen molar-refractivity contribution >= 4 is 29.8 Å². The lowest BCUT2D eigenvalue weighted by Crippen LogP contribution is -2.15. The van der Waals surface area contributed by atoms with Crippen LogP contribution in [0.5, 0.6) is 0 Å². The maximum Gasteiger partial charge on any atom is 0.303 e. The maximum atomic E-state index is 9.79. The Morgan fingerprint density at radius 3 is 0.517 bits per heavy atom. The summed E-state index contributed by atoms with van der Waals surface area (Å²) in [6, 6.07) is 0. The Kier molecular flexibility index (Phi) is 87.3. The van der Waals surface area contributed by atoms with E-state index in [1.165, 1.54) is 0 Å². The van der Waals surface area contributed by atoms with Gasteiger partial charge in [0.05, 0.1) is 52.5 Å². The molecule has 0 amide bonds. The highest BCUT2D eigenvalue weighted by atomic mass is 16.4. The number of aliphatic carboxylic acids is 5. The lowest BCUT2D eigenvalue weighted by Gasteiger charge is -2.03. The van der Waals surface area contributed by atoms with Crippen molar-refractivity contribution in [3.8, 4) is 0 Å². The lowest BCUT2D eigenvalue weighted by atomic mass is 10.2. The molecule has 22 heteroatoms. The van der Waals surface area contributed by atoms with Crippen LogP contribution in [0.3, 0.4) is 0 Å². The van der Waals surface area contributed by atoms with Crippen molar-refractivity contribution in [1.29, 1.82) is 0 Å². The number of rotatable bonds is 22. The molecule has 0 unspecified atom stereocenters. The third kappa shape index (κ3) is 178. The summed E-state index contributed by atoms with van der Waals surface area (Å²) in [4.78, 5) is 60.2. The SMILES string of the molecule is CCCCC(=O)O.CN(C)CCO.CN(C)CCO.CN(C)CCO.CN(C)CCO.CN(C)CCO.CN(C)CCO.O=C(O)CCC(=O)O.O=C(O)CCCC(=O)O. The Morgan fingerprint density at radius 1 is 0.300 bits per heavy atom. The van der Waals surface area contributed by atoms with E-state index < -0.39 is 29.8 Å². The number of unbranched alkanes of at least 4 members (excludes halogenated alkanes) is 1. The van der Waals surface area contributed by atoms with Gasteiger partial charge in [0.2, 0.25) is 0 Å². The van der Waals surface area contributed by atoms with Crippen LogP contribution >= 0.6 is 0 Å². The zero-order chi connectivity index (χ0) is 49.5. The minimum atomic E-state index is -1.08. The van der Waals surface area contributed by atoms with Crippen molar-refractivity contribution in [2.45, 2.75) is 58.3 Å². The number of hydrogen-bond acceptors (Lipinski definition) is 17. The van der Waals surface area contributed by atoms with Crippen LogP contribution in [0.2, 0.25) is 0 Å². The summed E-state index contributed by atoms with van der Waals surface area (Å²) in [5.74, 6) is -4.74. The molecule has 0 aliphatic rings. The maximum absolute atomic E-state index is 9.79. The second-order valence-corrected chi connectivity index (χ2v) is 13.6. The van der Waals surface area contributed by atoms with Gasteiger partial charge in [-0.25, -0.2) is 0 Å².